The summed E-state index contributed by atoms with van der Waals surface area (Å²) in [5.74, 6) is 0.874. The monoisotopic (exact) mass is 309 g/mol. The van der Waals surface area contributed by atoms with Crippen molar-refractivity contribution in [3.8, 4) is 10.6 Å². The lowest BCUT2D eigenvalue weighted by atomic mass is 10.3. The molecule has 0 radical (unpaired) electrons. The highest BCUT2D eigenvalue weighted by molar-refractivity contribution is 9.11. The first-order valence-corrected chi connectivity index (χ1v) is 7.23. The van der Waals surface area contributed by atoms with Crippen LogP contribution >= 0.6 is 27.3 Å². The summed E-state index contributed by atoms with van der Waals surface area (Å²) in [6, 6.07) is 6.77. The maximum absolute atomic E-state index is 4.57. The Bertz CT molecular complexity index is 522. The van der Waals surface area contributed by atoms with Gasteiger partial charge in [0.2, 0.25) is 0 Å². The SMILES string of the molecule is Brc1ccc(-c2ccnc(CNC3CC3)n2)s1. The van der Waals surface area contributed by atoms with E-state index in [4.69, 9.17) is 0 Å². The van der Waals surface area contributed by atoms with Crippen molar-refractivity contribution in [1.29, 1.82) is 0 Å². The zero-order valence-electron chi connectivity index (χ0n) is 9.19. The first-order chi connectivity index (χ1) is 8.31. The summed E-state index contributed by atoms with van der Waals surface area (Å²) < 4.78 is 1.13. The van der Waals surface area contributed by atoms with Crippen molar-refractivity contribution in [2.45, 2.75) is 25.4 Å². The van der Waals surface area contributed by atoms with Crippen LogP contribution in [0.25, 0.3) is 10.6 Å². The van der Waals surface area contributed by atoms with Crippen molar-refractivity contribution in [2.24, 2.45) is 0 Å². The summed E-state index contributed by atoms with van der Waals surface area (Å²) in [6.45, 7) is 0.769. The molecule has 0 spiro atoms. The minimum atomic E-state index is 0.693. The lowest BCUT2D eigenvalue weighted by Crippen LogP contribution is -2.17. The Labute approximate surface area is 112 Å². The zero-order chi connectivity index (χ0) is 11.7. The van der Waals surface area contributed by atoms with Gasteiger partial charge < -0.3 is 5.32 Å². The Kier molecular flexibility index (Phi) is 3.22. The minimum absolute atomic E-state index is 0.693. The van der Waals surface area contributed by atoms with E-state index >= 15 is 0 Å². The fraction of sp³-hybridized carbons (Fsp3) is 0.333. The molecule has 3 nitrogen and oxygen atoms in total. The molecule has 1 aliphatic rings. The molecule has 3 rings (SSSR count). The average Bonchev–Trinajstić information content (AvgIpc) is 3.08. The standard InChI is InChI=1S/C12H12BrN3S/c13-11-4-3-10(17-11)9-5-6-14-12(16-9)7-15-8-1-2-8/h3-6,8,15H,1-2,7H2. The van der Waals surface area contributed by atoms with Gasteiger partial charge in [-0.15, -0.1) is 11.3 Å². The van der Waals surface area contributed by atoms with Crippen LogP contribution in [0.3, 0.4) is 0 Å². The van der Waals surface area contributed by atoms with Gasteiger partial charge in [0, 0.05) is 12.2 Å². The predicted octanol–water partition coefficient (Wildman–Crippen LogP) is 3.22. The third kappa shape index (κ3) is 2.91. The Morgan fingerprint density at radius 3 is 2.94 bits per heavy atom. The fourth-order valence-electron chi connectivity index (χ4n) is 1.60. The molecule has 0 bridgehead atoms. The lowest BCUT2D eigenvalue weighted by Gasteiger charge is -2.03. The molecule has 2 aromatic rings. The predicted molar refractivity (Wildman–Crippen MR) is 72.9 cm³/mol. The van der Waals surface area contributed by atoms with Gasteiger partial charge in [-0.1, -0.05) is 0 Å². The van der Waals surface area contributed by atoms with Gasteiger partial charge in [0.1, 0.15) is 5.82 Å². The number of nitrogens with one attached hydrogen (secondary N) is 1. The van der Waals surface area contributed by atoms with Crippen molar-refractivity contribution in [2.75, 3.05) is 0 Å². The molecule has 1 fully saturated rings. The molecule has 0 atom stereocenters. The van der Waals surface area contributed by atoms with Gasteiger partial charge in [-0.25, -0.2) is 9.97 Å². The summed E-state index contributed by atoms with van der Waals surface area (Å²) in [4.78, 5) is 10.0. The second kappa shape index (κ2) is 4.84. The Hall–Kier alpha value is -0.780. The minimum Gasteiger partial charge on any atom is -0.307 e. The number of thiophene rings is 1. The van der Waals surface area contributed by atoms with Crippen LogP contribution in [0.2, 0.25) is 0 Å². The van der Waals surface area contributed by atoms with E-state index in [0.29, 0.717) is 6.04 Å². The van der Waals surface area contributed by atoms with Crippen LogP contribution in [0.5, 0.6) is 0 Å². The second-order valence-corrected chi connectivity index (χ2v) is 6.58. The number of halogens is 1. The summed E-state index contributed by atoms with van der Waals surface area (Å²) in [5, 5.41) is 3.43. The van der Waals surface area contributed by atoms with Crippen molar-refractivity contribution < 1.29 is 0 Å². The first-order valence-electron chi connectivity index (χ1n) is 5.62. The normalized spacial score (nSPS) is 15.1. The van der Waals surface area contributed by atoms with E-state index in [1.165, 1.54) is 17.7 Å². The van der Waals surface area contributed by atoms with Crippen LogP contribution < -0.4 is 5.32 Å². The second-order valence-electron chi connectivity index (χ2n) is 4.12. The molecular formula is C12H12BrN3S. The molecule has 88 valence electrons. The van der Waals surface area contributed by atoms with Crippen molar-refractivity contribution in [1.82, 2.24) is 15.3 Å². The highest BCUT2D eigenvalue weighted by Gasteiger charge is 2.20. The van der Waals surface area contributed by atoms with Gasteiger partial charge in [-0.05, 0) is 47.0 Å². The van der Waals surface area contributed by atoms with E-state index in [9.17, 15) is 0 Å². The van der Waals surface area contributed by atoms with Crippen molar-refractivity contribution in [3.05, 3.63) is 34.0 Å². The van der Waals surface area contributed by atoms with E-state index in [1.807, 2.05) is 18.3 Å². The highest BCUT2D eigenvalue weighted by atomic mass is 79.9. The van der Waals surface area contributed by atoms with E-state index in [1.54, 1.807) is 11.3 Å². The van der Waals surface area contributed by atoms with E-state index in [0.717, 1.165) is 21.8 Å². The van der Waals surface area contributed by atoms with Crippen LogP contribution in [0, 0.1) is 0 Å². The van der Waals surface area contributed by atoms with Crippen molar-refractivity contribution in [3.63, 3.8) is 0 Å². The first kappa shape index (κ1) is 11.3. The molecule has 1 saturated carbocycles. The van der Waals surface area contributed by atoms with E-state index in [2.05, 4.69) is 37.3 Å². The van der Waals surface area contributed by atoms with Crippen LogP contribution in [0.15, 0.2) is 28.2 Å². The molecule has 2 heterocycles. The van der Waals surface area contributed by atoms with Gasteiger partial charge in [0.15, 0.2) is 0 Å². The topological polar surface area (TPSA) is 37.8 Å². The summed E-state index contributed by atoms with van der Waals surface area (Å²) >= 11 is 5.16. The van der Waals surface area contributed by atoms with E-state index in [-0.39, 0.29) is 0 Å². The van der Waals surface area contributed by atoms with Gasteiger partial charge in [0.25, 0.3) is 0 Å². The number of nitrogens with zero attached hydrogens (tertiary/aromatic N) is 2. The number of aromatic nitrogens is 2. The number of rotatable bonds is 4. The third-order valence-electron chi connectivity index (χ3n) is 2.66. The van der Waals surface area contributed by atoms with Crippen LogP contribution in [-0.2, 0) is 6.54 Å². The smallest absolute Gasteiger partial charge is 0.142 e. The fourth-order valence-corrected chi connectivity index (χ4v) is 2.95. The van der Waals surface area contributed by atoms with Gasteiger partial charge in [-0.2, -0.15) is 0 Å². The van der Waals surface area contributed by atoms with Crippen LogP contribution in [0.4, 0.5) is 0 Å². The lowest BCUT2D eigenvalue weighted by molar-refractivity contribution is 0.658. The summed E-state index contributed by atoms with van der Waals surface area (Å²) in [7, 11) is 0. The van der Waals surface area contributed by atoms with Crippen LogP contribution in [-0.4, -0.2) is 16.0 Å². The summed E-state index contributed by atoms with van der Waals surface area (Å²) in [5.41, 5.74) is 1.00. The van der Waals surface area contributed by atoms with Crippen LogP contribution in [0.1, 0.15) is 18.7 Å². The quantitative estimate of drug-likeness (QED) is 0.942. The zero-order valence-corrected chi connectivity index (χ0v) is 11.6. The molecule has 5 heteroatoms. The number of hydrogen-bond acceptors (Lipinski definition) is 4. The molecule has 0 saturated heterocycles. The Morgan fingerprint density at radius 2 is 2.24 bits per heavy atom. The molecular weight excluding hydrogens is 298 g/mol. The molecule has 0 unspecified atom stereocenters. The maximum Gasteiger partial charge on any atom is 0.142 e. The van der Waals surface area contributed by atoms with Crippen molar-refractivity contribution >= 4 is 27.3 Å². The molecule has 0 aliphatic heterocycles. The van der Waals surface area contributed by atoms with Gasteiger partial charge >= 0.3 is 0 Å². The summed E-state index contributed by atoms with van der Waals surface area (Å²) in [6.07, 6.45) is 4.41. The largest absolute Gasteiger partial charge is 0.307 e. The van der Waals surface area contributed by atoms with E-state index < -0.39 is 0 Å². The highest BCUT2D eigenvalue weighted by Crippen LogP contribution is 2.29. The Balaban J connectivity index is 1.77. The van der Waals surface area contributed by atoms with Gasteiger partial charge in [-0.3, -0.25) is 0 Å². The Morgan fingerprint density at radius 1 is 1.35 bits per heavy atom. The third-order valence-corrected chi connectivity index (χ3v) is 4.30. The molecule has 1 N–H and O–H groups in total. The van der Waals surface area contributed by atoms with Gasteiger partial charge in [0.05, 0.1) is 20.9 Å². The average molecular weight is 310 g/mol. The molecule has 0 aromatic carbocycles. The molecule has 0 amide bonds. The molecule has 1 aliphatic carbocycles. The number of hydrogen-bond donors (Lipinski definition) is 1. The maximum atomic E-state index is 4.57. The molecule has 2 aromatic heterocycles. The molecule has 17 heavy (non-hydrogen) atoms.